The Balaban J connectivity index is 2.04. The Bertz CT molecular complexity index is 404. The van der Waals surface area contributed by atoms with E-state index in [1.54, 1.807) is 12.1 Å². The molecule has 2 atom stereocenters. The Kier molecular flexibility index (Phi) is 3.43. The second kappa shape index (κ2) is 4.84. The van der Waals surface area contributed by atoms with Gasteiger partial charge in [-0.15, -0.1) is 0 Å². The molecule has 1 fully saturated rings. The molecule has 17 heavy (non-hydrogen) atoms. The lowest BCUT2D eigenvalue weighted by molar-refractivity contribution is -0.141. The second-order valence-electron chi connectivity index (χ2n) is 4.55. The van der Waals surface area contributed by atoms with Crippen LogP contribution in [0.3, 0.4) is 0 Å². The lowest BCUT2D eigenvalue weighted by Crippen LogP contribution is -2.26. The molecule has 1 saturated heterocycles. The molecule has 0 bridgehead atoms. The zero-order chi connectivity index (χ0) is 12.4. The summed E-state index contributed by atoms with van der Waals surface area (Å²) in [4.78, 5) is 13.0. The van der Waals surface area contributed by atoms with Gasteiger partial charge in [0.25, 0.3) is 0 Å². The maximum Gasteiger partial charge on any atom is 0.307 e. The van der Waals surface area contributed by atoms with Gasteiger partial charge in [0, 0.05) is 12.6 Å². The first kappa shape index (κ1) is 12.0. The van der Waals surface area contributed by atoms with Crippen molar-refractivity contribution in [3.8, 4) is 0 Å². The van der Waals surface area contributed by atoms with Gasteiger partial charge < -0.3 is 5.11 Å². The van der Waals surface area contributed by atoms with E-state index in [4.69, 9.17) is 5.11 Å². The largest absolute Gasteiger partial charge is 0.481 e. The summed E-state index contributed by atoms with van der Waals surface area (Å²) in [5.74, 6) is -1.23. The fraction of sp³-hybridized carbons (Fsp3) is 0.462. The monoisotopic (exact) mass is 237 g/mol. The highest BCUT2D eigenvalue weighted by molar-refractivity contribution is 5.70. The van der Waals surface area contributed by atoms with Crippen LogP contribution in [0.4, 0.5) is 4.39 Å². The zero-order valence-electron chi connectivity index (χ0n) is 9.77. The van der Waals surface area contributed by atoms with E-state index in [-0.39, 0.29) is 17.8 Å². The van der Waals surface area contributed by atoms with Gasteiger partial charge in [0.05, 0.1) is 5.92 Å². The number of hydrogen-bond donors (Lipinski definition) is 1. The van der Waals surface area contributed by atoms with E-state index >= 15 is 0 Å². The first-order chi connectivity index (χ1) is 8.08. The van der Waals surface area contributed by atoms with Crippen molar-refractivity contribution in [1.29, 1.82) is 0 Å². The fourth-order valence-corrected chi connectivity index (χ4v) is 2.29. The van der Waals surface area contributed by atoms with Gasteiger partial charge in [-0.05, 0) is 37.6 Å². The summed E-state index contributed by atoms with van der Waals surface area (Å²) in [6, 6.07) is 6.54. The lowest BCUT2D eigenvalue weighted by Gasteiger charge is -2.24. The highest BCUT2D eigenvalue weighted by Gasteiger charge is 2.30. The van der Waals surface area contributed by atoms with E-state index in [9.17, 15) is 9.18 Å². The molecule has 4 heteroatoms. The summed E-state index contributed by atoms with van der Waals surface area (Å²) in [7, 11) is 0. The summed E-state index contributed by atoms with van der Waals surface area (Å²) in [5.41, 5.74) is 1.03. The number of hydrogen-bond acceptors (Lipinski definition) is 2. The van der Waals surface area contributed by atoms with Crippen LogP contribution in [0, 0.1) is 11.7 Å². The smallest absolute Gasteiger partial charge is 0.307 e. The molecule has 3 nitrogen and oxygen atoms in total. The van der Waals surface area contributed by atoms with Crippen LogP contribution >= 0.6 is 0 Å². The zero-order valence-corrected chi connectivity index (χ0v) is 9.77. The molecule has 0 aliphatic carbocycles. The Morgan fingerprint density at radius 3 is 2.65 bits per heavy atom. The number of carboxylic acid groups (broad SMARTS) is 1. The third-order valence-electron chi connectivity index (χ3n) is 3.47. The Labute approximate surface area is 99.9 Å². The Morgan fingerprint density at radius 1 is 1.47 bits per heavy atom. The van der Waals surface area contributed by atoms with Gasteiger partial charge in [-0.3, -0.25) is 9.69 Å². The first-order valence-corrected chi connectivity index (χ1v) is 5.80. The molecule has 1 aliphatic rings. The van der Waals surface area contributed by atoms with Crippen molar-refractivity contribution in [2.75, 3.05) is 13.1 Å². The number of likely N-dealkylation sites (tertiary alicyclic amines) is 1. The van der Waals surface area contributed by atoms with Crippen molar-refractivity contribution in [2.45, 2.75) is 19.4 Å². The highest BCUT2D eigenvalue weighted by Crippen LogP contribution is 2.27. The van der Waals surface area contributed by atoms with Crippen molar-refractivity contribution in [3.05, 3.63) is 35.6 Å². The number of benzene rings is 1. The van der Waals surface area contributed by atoms with E-state index < -0.39 is 5.97 Å². The van der Waals surface area contributed by atoms with Crippen LogP contribution in [0.5, 0.6) is 0 Å². The van der Waals surface area contributed by atoms with Gasteiger partial charge in [-0.1, -0.05) is 12.1 Å². The first-order valence-electron chi connectivity index (χ1n) is 5.80. The Morgan fingerprint density at radius 2 is 2.12 bits per heavy atom. The van der Waals surface area contributed by atoms with Crippen LogP contribution < -0.4 is 0 Å². The predicted octanol–water partition coefficient (Wildman–Crippen LogP) is 2.29. The van der Waals surface area contributed by atoms with Gasteiger partial charge in [-0.2, -0.15) is 0 Å². The molecule has 0 amide bonds. The minimum Gasteiger partial charge on any atom is -0.481 e. The fourth-order valence-electron chi connectivity index (χ4n) is 2.29. The maximum absolute atomic E-state index is 12.8. The molecule has 0 saturated carbocycles. The van der Waals surface area contributed by atoms with Crippen molar-refractivity contribution in [3.63, 3.8) is 0 Å². The number of carboxylic acids is 1. The average Bonchev–Trinajstić information content (AvgIpc) is 2.78. The summed E-state index contributed by atoms with van der Waals surface area (Å²) in [5, 5.41) is 8.94. The molecule has 2 unspecified atom stereocenters. The van der Waals surface area contributed by atoms with Crippen LogP contribution in [0.25, 0.3) is 0 Å². The van der Waals surface area contributed by atoms with Crippen LogP contribution in [0.1, 0.15) is 24.9 Å². The highest BCUT2D eigenvalue weighted by atomic mass is 19.1. The molecule has 1 N–H and O–H groups in total. The van der Waals surface area contributed by atoms with E-state index in [1.165, 1.54) is 12.1 Å². The minimum atomic E-state index is -0.723. The SMILES string of the molecule is CC(c1ccc(F)cc1)N1CCC(C(=O)O)C1. The van der Waals surface area contributed by atoms with Crippen molar-refractivity contribution >= 4 is 5.97 Å². The van der Waals surface area contributed by atoms with Gasteiger partial charge in [0.15, 0.2) is 0 Å². The molecule has 92 valence electrons. The van der Waals surface area contributed by atoms with Crippen LogP contribution in [-0.2, 0) is 4.79 Å². The van der Waals surface area contributed by atoms with Gasteiger partial charge >= 0.3 is 5.97 Å². The molecule has 1 aromatic rings. The topological polar surface area (TPSA) is 40.5 Å². The predicted molar refractivity (Wildman–Crippen MR) is 62.1 cm³/mol. The molecular formula is C13H16FNO2. The molecule has 0 aromatic heterocycles. The van der Waals surface area contributed by atoms with Gasteiger partial charge in [0.2, 0.25) is 0 Å². The van der Waals surface area contributed by atoms with E-state index in [0.717, 1.165) is 12.1 Å². The normalized spacial score (nSPS) is 22.6. The third kappa shape index (κ3) is 2.64. The molecule has 0 spiro atoms. The van der Waals surface area contributed by atoms with E-state index in [2.05, 4.69) is 4.90 Å². The molecule has 1 heterocycles. The van der Waals surface area contributed by atoms with E-state index in [0.29, 0.717) is 13.0 Å². The van der Waals surface area contributed by atoms with Crippen molar-refractivity contribution in [2.24, 2.45) is 5.92 Å². The van der Waals surface area contributed by atoms with Crippen molar-refractivity contribution in [1.82, 2.24) is 4.90 Å². The quantitative estimate of drug-likeness (QED) is 0.876. The number of carbonyl (C=O) groups is 1. The number of halogens is 1. The standard InChI is InChI=1S/C13H16FNO2/c1-9(10-2-4-12(14)5-3-10)15-7-6-11(8-15)13(16)17/h2-5,9,11H,6-8H2,1H3,(H,16,17). The molecule has 1 aliphatic heterocycles. The maximum atomic E-state index is 12.8. The minimum absolute atomic E-state index is 0.139. The molecule has 0 radical (unpaired) electrons. The average molecular weight is 237 g/mol. The van der Waals surface area contributed by atoms with Crippen molar-refractivity contribution < 1.29 is 14.3 Å². The summed E-state index contributed by atoms with van der Waals surface area (Å²) in [6.07, 6.45) is 0.695. The third-order valence-corrected chi connectivity index (χ3v) is 3.47. The van der Waals surface area contributed by atoms with Crippen LogP contribution in [0.2, 0.25) is 0 Å². The van der Waals surface area contributed by atoms with E-state index in [1.807, 2.05) is 6.92 Å². The van der Waals surface area contributed by atoms with Gasteiger partial charge in [-0.25, -0.2) is 4.39 Å². The molecule has 1 aromatic carbocycles. The van der Waals surface area contributed by atoms with Crippen LogP contribution in [0.15, 0.2) is 24.3 Å². The summed E-state index contributed by atoms with van der Waals surface area (Å²) in [6.45, 7) is 3.39. The second-order valence-corrected chi connectivity index (χ2v) is 4.55. The van der Waals surface area contributed by atoms with Crippen LogP contribution in [-0.4, -0.2) is 29.1 Å². The summed E-state index contributed by atoms with van der Waals surface area (Å²) >= 11 is 0. The molecule has 2 rings (SSSR count). The molecular weight excluding hydrogens is 221 g/mol. The number of nitrogens with zero attached hydrogens (tertiary/aromatic N) is 1. The summed E-state index contributed by atoms with van der Waals surface area (Å²) < 4.78 is 12.8. The number of rotatable bonds is 3. The number of aliphatic carboxylic acids is 1. The Hall–Kier alpha value is -1.42. The van der Waals surface area contributed by atoms with Gasteiger partial charge in [0.1, 0.15) is 5.82 Å². The lowest BCUT2D eigenvalue weighted by atomic mass is 10.1.